The summed E-state index contributed by atoms with van der Waals surface area (Å²) < 4.78 is 5.43. The molecule has 0 radical (unpaired) electrons. The van der Waals surface area contributed by atoms with E-state index in [1.165, 1.54) is 18.7 Å². The first-order chi connectivity index (χ1) is 10.8. The van der Waals surface area contributed by atoms with E-state index in [1.807, 2.05) is 0 Å². The highest BCUT2D eigenvalue weighted by molar-refractivity contribution is 6.09. The first-order valence-corrected chi connectivity index (χ1v) is 7.06. The van der Waals surface area contributed by atoms with Crippen molar-refractivity contribution in [3.63, 3.8) is 0 Å². The van der Waals surface area contributed by atoms with Gasteiger partial charge in [0.1, 0.15) is 0 Å². The molecule has 0 N–H and O–H groups in total. The van der Waals surface area contributed by atoms with Crippen molar-refractivity contribution in [2.24, 2.45) is 5.16 Å². The van der Waals surface area contributed by atoms with Crippen LogP contribution in [0.4, 0.5) is 5.69 Å². The average molecular weight is 318 g/mol. The lowest BCUT2D eigenvalue weighted by molar-refractivity contribution is -0.165. The van der Waals surface area contributed by atoms with Gasteiger partial charge in [-0.15, -0.1) is 0 Å². The number of amides is 1. The summed E-state index contributed by atoms with van der Waals surface area (Å²) >= 11 is 0. The van der Waals surface area contributed by atoms with Crippen molar-refractivity contribution < 1.29 is 24.0 Å². The van der Waals surface area contributed by atoms with Gasteiger partial charge in [0.15, 0.2) is 0 Å². The number of esters is 1. The molecule has 1 aromatic rings. The van der Waals surface area contributed by atoms with E-state index < -0.39 is 17.5 Å². The smallest absolute Gasteiger partial charge is 0.331 e. The molecule has 0 aromatic heterocycles. The number of para-hydroxylation sites is 1. The predicted molar refractivity (Wildman–Crippen MR) is 82.8 cm³/mol. The van der Waals surface area contributed by atoms with Crippen LogP contribution in [0.2, 0.25) is 0 Å². The second kappa shape index (κ2) is 6.20. The number of nitrogens with zero attached hydrogens (tertiary/aromatic N) is 2. The van der Waals surface area contributed by atoms with E-state index >= 15 is 0 Å². The summed E-state index contributed by atoms with van der Waals surface area (Å²) in [6.45, 7) is 4.07. The van der Waals surface area contributed by atoms with Crippen LogP contribution < -0.4 is 4.90 Å². The summed E-state index contributed by atoms with van der Waals surface area (Å²) in [7, 11) is 1.62. The zero-order valence-electron chi connectivity index (χ0n) is 13.5. The number of oxime groups is 1. The van der Waals surface area contributed by atoms with Crippen LogP contribution >= 0.6 is 0 Å². The first-order valence-electron chi connectivity index (χ1n) is 7.06. The fourth-order valence-corrected chi connectivity index (χ4v) is 2.69. The van der Waals surface area contributed by atoms with Gasteiger partial charge in [0, 0.05) is 32.9 Å². The molecule has 0 saturated heterocycles. The Balaban J connectivity index is 2.48. The molecule has 1 atom stereocenters. The Morgan fingerprint density at radius 1 is 1.17 bits per heavy atom. The number of hydrogen-bond acceptors (Lipinski definition) is 6. The monoisotopic (exact) mass is 318 g/mol. The number of fused-ring (bicyclic) bond motifs is 1. The molecule has 7 nitrogen and oxygen atoms in total. The normalized spacial score (nSPS) is 20.3. The molecule has 2 rings (SSSR count). The van der Waals surface area contributed by atoms with Crippen molar-refractivity contribution >= 4 is 29.2 Å². The number of anilines is 1. The molecule has 1 amide bonds. The zero-order chi connectivity index (χ0) is 17.2. The fourth-order valence-electron chi connectivity index (χ4n) is 2.69. The molecule has 1 aromatic carbocycles. The number of carbonyl (C=O) groups excluding carboxylic acids is 3. The minimum atomic E-state index is -1.50. The van der Waals surface area contributed by atoms with Gasteiger partial charge in [0.2, 0.25) is 5.60 Å². The Kier molecular flexibility index (Phi) is 4.49. The molecule has 7 heteroatoms. The van der Waals surface area contributed by atoms with E-state index in [0.29, 0.717) is 17.0 Å². The van der Waals surface area contributed by atoms with Crippen molar-refractivity contribution in [2.75, 3.05) is 11.9 Å². The molecule has 1 heterocycles. The lowest BCUT2D eigenvalue weighted by Gasteiger charge is -2.27. The number of rotatable bonds is 4. The van der Waals surface area contributed by atoms with Gasteiger partial charge in [0.05, 0.1) is 11.4 Å². The number of ether oxygens (including phenoxy) is 1. The van der Waals surface area contributed by atoms with Crippen molar-refractivity contribution in [2.45, 2.75) is 32.8 Å². The summed E-state index contributed by atoms with van der Waals surface area (Å²) in [4.78, 5) is 41.3. The zero-order valence-corrected chi connectivity index (χ0v) is 13.5. The third kappa shape index (κ3) is 3.08. The van der Waals surface area contributed by atoms with Gasteiger partial charge in [-0.2, -0.15) is 0 Å². The quantitative estimate of drug-likeness (QED) is 0.365. The fraction of sp³-hybridized carbons (Fsp3) is 0.375. The maximum Gasteiger partial charge on any atom is 0.331 e. The number of likely N-dealkylation sites (N-methyl/N-ethyl adjacent to an activating group) is 1. The van der Waals surface area contributed by atoms with E-state index in [1.54, 1.807) is 38.2 Å². The molecule has 0 fully saturated rings. The molecule has 0 saturated carbocycles. The Bertz CT molecular complexity index is 697. The van der Waals surface area contributed by atoms with Crippen molar-refractivity contribution in [3.8, 4) is 0 Å². The molecule has 1 aliphatic heterocycles. The van der Waals surface area contributed by atoms with E-state index in [0.717, 1.165) is 0 Å². The van der Waals surface area contributed by atoms with Crippen LogP contribution in [0.25, 0.3) is 0 Å². The van der Waals surface area contributed by atoms with E-state index in [9.17, 15) is 14.4 Å². The summed E-state index contributed by atoms with van der Waals surface area (Å²) in [5.41, 5.74) is 0.115. The van der Waals surface area contributed by atoms with Gasteiger partial charge < -0.3 is 14.5 Å². The second-order valence-electron chi connectivity index (χ2n) is 5.39. The van der Waals surface area contributed by atoms with E-state index in [2.05, 4.69) is 9.99 Å². The van der Waals surface area contributed by atoms with Gasteiger partial charge in [-0.1, -0.05) is 23.4 Å². The second-order valence-corrected chi connectivity index (χ2v) is 5.39. The Hall–Kier alpha value is -2.70. The average Bonchev–Trinajstić information content (AvgIpc) is 2.68. The van der Waals surface area contributed by atoms with Gasteiger partial charge in [-0.3, -0.25) is 9.59 Å². The minimum absolute atomic E-state index is 0.0000463. The first kappa shape index (κ1) is 16.7. The van der Waals surface area contributed by atoms with Gasteiger partial charge in [-0.25, -0.2) is 4.79 Å². The molecular weight excluding hydrogens is 300 g/mol. The van der Waals surface area contributed by atoms with Crippen molar-refractivity contribution in [1.29, 1.82) is 0 Å². The number of benzene rings is 1. The highest BCUT2D eigenvalue weighted by Crippen LogP contribution is 2.44. The Labute approximate surface area is 133 Å². The molecule has 0 bridgehead atoms. The lowest BCUT2D eigenvalue weighted by Crippen LogP contribution is -2.43. The maximum absolute atomic E-state index is 12.8. The Morgan fingerprint density at radius 2 is 1.83 bits per heavy atom. The molecular formula is C16H18N2O5. The van der Waals surface area contributed by atoms with E-state index in [4.69, 9.17) is 4.74 Å². The molecule has 0 spiro atoms. The molecule has 0 aliphatic carbocycles. The van der Waals surface area contributed by atoms with E-state index in [-0.39, 0.29) is 12.3 Å². The summed E-state index contributed by atoms with van der Waals surface area (Å²) in [5.74, 6) is -1.52. The molecule has 0 unspecified atom stereocenters. The Morgan fingerprint density at radius 3 is 2.43 bits per heavy atom. The highest BCUT2D eigenvalue weighted by atomic mass is 16.7. The summed E-state index contributed by atoms with van der Waals surface area (Å²) in [6, 6.07) is 7.07. The van der Waals surface area contributed by atoms with Crippen LogP contribution in [0.3, 0.4) is 0 Å². The maximum atomic E-state index is 12.8. The molecule has 1 aliphatic rings. The molecule has 23 heavy (non-hydrogen) atoms. The van der Waals surface area contributed by atoms with Crippen LogP contribution in [0.1, 0.15) is 32.8 Å². The van der Waals surface area contributed by atoms with Crippen molar-refractivity contribution in [1.82, 2.24) is 0 Å². The van der Waals surface area contributed by atoms with Crippen LogP contribution in [0.5, 0.6) is 0 Å². The third-order valence-corrected chi connectivity index (χ3v) is 3.50. The molecule has 122 valence electrons. The SMILES string of the molecule is CC(=O)O/N=C(\C)C[C@@]1(OC(C)=O)C(=O)N(C)c2ccccc21. The van der Waals surface area contributed by atoms with Gasteiger partial charge in [0.25, 0.3) is 5.91 Å². The summed E-state index contributed by atoms with van der Waals surface area (Å²) in [6.07, 6.45) is 0.0000463. The van der Waals surface area contributed by atoms with Crippen LogP contribution in [0.15, 0.2) is 29.4 Å². The van der Waals surface area contributed by atoms with Crippen LogP contribution in [0, 0.1) is 0 Å². The van der Waals surface area contributed by atoms with Crippen LogP contribution in [-0.4, -0.2) is 30.6 Å². The summed E-state index contributed by atoms with van der Waals surface area (Å²) in [5, 5.41) is 3.68. The van der Waals surface area contributed by atoms with Crippen LogP contribution in [-0.2, 0) is 29.6 Å². The number of carbonyl (C=O) groups is 3. The minimum Gasteiger partial charge on any atom is -0.444 e. The van der Waals surface area contributed by atoms with Crippen molar-refractivity contribution in [3.05, 3.63) is 29.8 Å². The van der Waals surface area contributed by atoms with Gasteiger partial charge >= 0.3 is 11.9 Å². The predicted octanol–water partition coefficient (Wildman–Crippen LogP) is 1.75. The number of hydrogen-bond donors (Lipinski definition) is 0. The largest absolute Gasteiger partial charge is 0.444 e. The lowest BCUT2D eigenvalue weighted by atomic mass is 9.89. The highest BCUT2D eigenvalue weighted by Gasteiger charge is 2.53. The third-order valence-electron chi connectivity index (χ3n) is 3.50. The van der Waals surface area contributed by atoms with Gasteiger partial charge in [-0.05, 0) is 13.0 Å². The topological polar surface area (TPSA) is 85.3 Å². The standard InChI is InChI=1S/C16H18N2O5/c1-10(17-23-12(3)20)9-16(22-11(2)19)13-7-5-6-8-14(13)18(4)15(16)21/h5-8H,9H2,1-4H3/b17-10+/t16-/m0/s1.